The van der Waals surface area contributed by atoms with E-state index in [0.29, 0.717) is 31.2 Å². The highest BCUT2D eigenvalue weighted by Crippen LogP contribution is 2.13. The van der Waals surface area contributed by atoms with Gasteiger partial charge in [0, 0.05) is 25.7 Å². The number of hydrogen-bond donors (Lipinski definition) is 3. The summed E-state index contributed by atoms with van der Waals surface area (Å²) in [5.74, 6) is 1.01. The average molecular weight is 400 g/mol. The van der Waals surface area contributed by atoms with E-state index in [4.69, 9.17) is 4.74 Å². The van der Waals surface area contributed by atoms with Crippen molar-refractivity contribution in [3.05, 3.63) is 59.9 Å². The molecule has 0 saturated heterocycles. The molecule has 0 heterocycles. The zero-order valence-electron chi connectivity index (χ0n) is 17.2. The normalized spacial score (nSPS) is 12.2. The van der Waals surface area contributed by atoms with E-state index in [1.165, 1.54) is 12.1 Å². The van der Waals surface area contributed by atoms with Crippen LogP contribution in [0.1, 0.15) is 32.3 Å². The molecule has 0 fully saturated rings. The van der Waals surface area contributed by atoms with Crippen LogP contribution in [0.15, 0.2) is 53.5 Å². The zero-order valence-corrected chi connectivity index (χ0v) is 17.2. The van der Waals surface area contributed by atoms with E-state index in [-0.39, 0.29) is 17.8 Å². The summed E-state index contributed by atoms with van der Waals surface area (Å²) in [4.78, 5) is 15.8. The van der Waals surface area contributed by atoms with Crippen molar-refractivity contribution < 1.29 is 13.9 Å². The zero-order chi connectivity index (χ0) is 21.1. The summed E-state index contributed by atoms with van der Waals surface area (Å²) < 4.78 is 18.7. The molecule has 0 aromatic heterocycles. The van der Waals surface area contributed by atoms with Crippen LogP contribution in [0.4, 0.5) is 10.1 Å². The van der Waals surface area contributed by atoms with E-state index in [1.54, 1.807) is 19.2 Å². The molecule has 29 heavy (non-hydrogen) atoms. The highest BCUT2D eigenvalue weighted by Gasteiger charge is 2.06. The van der Waals surface area contributed by atoms with Crippen LogP contribution in [0.25, 0.3) is 0 Å². The number of benzene rings is 2. The molecule has 156 valence electrons. The summed E-state index contributed by atoms with van der Waals surface area (Å²) in [5, 5.41) is 9.32. The Morgan fingerprint density at radius 1 is 1.10 bits per heavy atom. The van der Waals surface area contributed by atoms with Crippen molar-refractivity contribution in [3.8, 4) is 5.75 Å². The van der Waals surface area contributed by atoms with Crippen LogP contribution in [0, 0.1) is 5.82 Å². The Kier molecular flexibility index (Phi) is 8.95. The van der Waals surface area contributed by atoms with E-state index in [0.717, 1.165) is 17.7 Å². The van der Waals surface area contributed by atoms with Gasteiger partial charge in [0.25, 0.3) is 0 Å². The molecular weight excluding hydrogens is 371 g/mol. The van der Waals surface area contributed by atoms with Crippen molar-refractivity contribution >= 4 is 17.6 Å². The molecule has 0 aliphatic carbocycles. The minimum atomic E-state index is -0.288. The first-order valence-corrected chi connectivity index (χ1v) is 9.75. The third-order valence-electron chi connectivity index (χ3n) is 4.11. The van der Waals surface area contributed by atoms with Crippen LogP contribution in [0.2, 0.25) is 0 Å². The molecule has 0 spiro atoms. The first kappa shape index (κ1) is 22.2. The van der Waals surface area contributed by atoms with E-state index in [1.807, 2.05) is 38.1 Å². The number of halogens is 1. The van der Waals surface area contributed by atoms with Crippen LogP contribution in [-0.2, 0) is 11.3 Å². The fraction of sp³-hybridized carbons (Fsp3) is 0.364. The van der Waals surface area contributed by atoms with Crippen molar-refractivity contribution in [2.24, 2.45) is 4.99 Å². The molecule has 6 nitrogen and oxygen atoms in total. The van der Waals surface area contributed by atoms with Crippen LogP contribution >= 0.6 is 0 Å². The second-order valence-corrected chi connectivity index (χ2v) is 6.68. The van der Waals surface area contributed by atoms with Gasteiger partial charge in [-0.3, -0.25) is 9.79 Å². The molecule has 7 heteroatoms. The van der Waals surface area contributed by atoms with Gasteiger partial charge in [-0.2, -0.15) is 0 Å². The number of amides is 1. The Morgan fingerprint density at radius 2 is 1.79 bits per heavy atom. The quantitative estimate of drug-likeness (QED) is 0.443. The number of hydrogen-bond acceptors (Lipinski definition) is 3. The average Bonchev–Trinajstić information content (AvgIpc) is 2.71. The van der Waals surface area contributed by atoms with Crippen LogP contribution < -0.4 is 20.7 Å². The molecule has 0 bridgehead atoms. The van der Waals surface area contributed by atoms with Gasteiger partial charge in [0.15, 0.2) is 5.96 Å². The van der Waals surface area contributed by atoms with E-state index < -0.39 is 0 Å². The van der Waals surface area contributed by atoms with E-state index in [2.05, 4.69) is 20.9 Å². The Balaban J connectivity index is 1.75. The van der Waals surface area contributed by atoms with Gasteiger partial charge in [-0.25, -0.2) is 4.39 Å². The fourth-order valence-corrected chi connectivity index (χ4v) is 2.59. The van der Waals surface area contributed by atoms with Crippen molar-refractivity contribution in [2.45, 2.75) is 39.3 Å². The van der Waals surface area contributed by atoms with E-state index in [9.17, 15) is 9.18 Å². The van der Waals surface area contributed by atoms with Crippen LogP contribution in [-0.4, -0.2) is 31.6 Å². The highest BCUT2D eigenvalue weighted by molar-refractivity contribution is 5.90. The van der Waals surface area contributed by atoms with Crippen molar-refractivity contribution in [1.29, 1.82) is 0 Å². The van der Waals surface area contributed by atoms with Gasteiger partial charge in [0.1, 0.15) is 17.7 Å². The predicted molar refractivity (Wildman–Crippen MR) is 115 cm³/mol. The molecular formula is C22H29FN4O2. The lowest BCUT2D eigenvalue weighted by atomic mass is 10.2. The Hall–Kier alpha value is -3.09. The molecule has 1 unspecified atom stereocenters. The van der Waals surface area contributed by atoms with Crippen LogP contribution in [0.5, 0.6) is 5.75 Å². The summed E-state index contributed by atoms with van der Waals surface area (Å²) >= 11 is 0. The lowest BCUT2D eigenvalue weighted by molar-refractivity contribution is -0.116. The third-order valence-corrected chi connectivity index (χ3v) is 4.11. The molecule has 0 aliphatic rings. The van der Waals surface area contributed by atoms with Gasteiger partial charge in [-0.05, 0) is 55.3 Å². The van der Waals surface area contributed by atoms with Gasteiger partial charge in [0.2, 0.25) is 5.91 Å². The molecule has 0 radical (unpaired) electrons. The number of guanidine groups is 1. The fourth-order valence-electron chi connectivity index (χ4n) is 2.59. The number of anilines is 1. The summed E-state index contributed by atoms with van der Waals surface area (Å²) in [6, 6.07) is 13.6. The number of rotatable bonds is 9. The molecule has 2 rings (SSSR count). The maximum absolute atomic E-state index is 12.9. The molecule has 1 atom stereocenters. The first-order chi connectivity index (χ1) is 14.0. The number of carbonyl (C=O) groups is 1. The van der Waals surface area contributed by atoms with E-state index >= 15 is 0 Å². The van der Waals surface area contributed by atoms with Gasteiger partial charge in [-0.15, -0.1) is 0 Å². The predicted octanol–water partition coefficient (Wildman–Crippen LogP) is 3.70. The van der Waals surface area contributed by atoms with Gasteiger partial charge < -0.3 is 20.7 Å². The van der Waals surface area contributed by atoms with Crippen molar-refractivity contribution in [2.75, 3.05) is 18.9 Å². The SMILES string of the molecule is CCCC(=O)Nc1ccc(CNC(=NC)NCC(C)Oc2ccc(F)cc2)cc1. The van der Waals surface area contributed by atoms with Gasteiger partial charge in [0.05, 0.1) is 6.54 Å². The lowest BCUT2D eigenvalue weighted by Crippen LogP contribution is -2.41. The molecule has 0 saturated carbocycles. The van der Waals surface area contributed by atoms with Crippen molar-refractivity contribution in [3.63, 3.8) is 0 Å². The number of carbonyl (C=O) groups excluding carboxylic acids is 1. The smallest absolute Gasteiger partial charge is 0.224 e. The Bertz CT molecular complexity index is 791. The Labute approximate surface area is 171 Å². The second kappa shape index (κ2) is 11.7. The molecule has 1 amide bonds. The number of nitrogens with zero attached hydrogens (tertiary/aromatic N) is 1. The summed E-state index contributed by atoms with van der Waals surface area (Å²) in [6.45, 7) is 5.04. The summed E-state index contributed by atoms with van der Waals surface area (Å²) in [5.41, 5.74) is 1.86. The molecule has 2 aromatic rings. The standard InChI is InChI=1S/C22H29FN4O2/c1-4-5-21(28)27-19-10-6-17(7-11-19)15-26-22(24-3)25-14-16(2)29-20-12-8-18(23)9-13-20/h6-13,16H,4-5,14-15H2,1-3H3,(H,27,28)(H2,24,25,26). The third kappa shape index (κ3) is 8.21. The number of nitrogens with one attached hydrogen (secondary N) is 3. The van der Waals surface area contributed by atoms with Gasteiger partial charge >= 0.3 is 0 Å². The molecule has 3 N–H and O–H groups in total. The Morgan fingerprint density at radius 3 is 2.41 bits per heavy atom. The molecule has 0 aliphatic heterocycles. The maximum Gasteiger partial charge on any atom is 0.224 e. The van der Waals surface area contributed by atoms with Crippen LogP contribution in [0.3, 0.4) is 0 Å². The number of aliphatic imine (C=N–C) groups is 1. The largest absolute Gasteiger partial charge is 0.489 e. The number of ether oxygens (including phenoxy) is 1. The topological polar surface area (TPSA) is 74.8 Å². The highest BCUT2D eigenvalue weighted by atomic mass is 19.1. The minimum Gasteiger partial charge on any atom is -0.489 e. The minimum absolute atomic E-state index is 0.0277. The van der Waals surface area contributed by atoms with Crippen molar-refractivity contribution in [1.82, 2.24) is 10.6 Å². The molecule has 2 aromatic carbocycles. The summed E-state index contributed by atoms with van der Waals surface area (Å²) in [7, 11) is 1.70. The second-order valence-electron chi connectivity index (χ2n) is 6.68. The van der Waals surface area contributed by atoms with Gasteiger partial charge in [-0.1, -0.05) is 19.1 Å². The maximum atomic E-state index is 12.9. The first-order valence-electron chi connectivity index (χ1n) is 9.75. The summed E-state index contributed by atoms with van der Waals surface area (Å²) in [6.07, 6.45) is 1.23. The monoisotopic (exact) mass is 400 g/mol. The lowest BCUT2D eigenvalue weighted by Gasteiger charge is -2.18.